The first-order valence-corrected chi connectivity index (χ1v) is 10.4. The van der Waals surface area contributed by atoms with Gasteiger partial charge in [-0.05, 0) is 28.5 Å². The molecule has 144 valence electrons. The zero-order chi connectivity index (χ0) is 19.6. The first-order valence-electron chi connectivity index (χ1n) is 8.98. The monoisotopic (exact) mass is 396 g/mol. The number of hydrogen-bond acceptors (Lipinski definition) is 4. The SMILES string of the molecule is O=C(NC1CN(S(=O)(=O)c2ccc3ccccc3c2)C1)OCc1ccccc1. The lowest BCUT2D eigenvalue weighted by atomic mass is 10.1. The van der Waals surface area contributed by atoms with Crippen molar-refractivity contribution in [1.82, 2.24) is 9.62 Å². The Hall–Kier alpha value is -2.90. The second kappa shape index (κ2) is 7.61. The summed E-state index contributed by atoms with van der Waals surface area (Å²) in [6, 6.07) is 21.8. The van der Waals surface area contributed by atoms with E-state index < -0.39 is 16.1 Å². The Balaban J connectivity index is 1.32. The fourth-order valence-electron chi connectivity index (χ4n) is 3.13. The molecule has 7 heteroatoms. The third-order valence-electron chi connectivity index (χ3n) is 4.74. The minimum absolute atomic E-state index is 0.179. The van der Waals surface area contributed by atoms with Gasteiger partial charge in [-0.2, -0.15) is 4.31 Å². The molecule has 1 saturated heterocycles. The Kier molecular flexibility index (Phi) is 5.02. The van der Waals surface area contributed by atoms with Gasteiger partial charge in [0.15, 0.2) is 0 Å². The molecule has 0 unspecified atom stereocenters. The predicted octanol–water partition coefficient (Wildman–Crippen LogP) is 3.14. The number of carbonyl (C=O) groups excluding carboxylic acids is 1. The highest BCUT2D eigenvalue weighted by Gasteiger charge is 2.37. The number of hydrogen-bond donors (Lipinski definition) is 1. The molecular weight excluding hydrogens is 376 g/mol. The molecule has 0 aromatic heterocycles. The summed E-state index contributed by atoms with van der Waals surface area (Å²) < 4.78 is 32.1. The Bertz CT molecular complexity index is 1090. The molecule has 1 heterocycles. The van der Waals surface area contributed by atoms with Crippen LogP contribution >= 0.6 is 0 Å². The molecule has 0 atom stereocenters. The standard InChI is InChI=1S/C21H20N2O4S/c24-21(27-15-16-6-2-1-3-7-16)22-19-13-23(14-19)28(25,26)20-11-10-17-8-4-5-9-18(17)12-20/h1-12,19H,13-15H2,(H,22,24). The lowest BCUT2D eigenvalue weighted by molar-refractivity contribution is 0.123. The van der Waals surface area contributed by atoms with Crippen molar-refractivity contribution in [3.8, 4) is 0 Å². The maximum Gasteiger partial charge on any atom is 0.407 e. The third kappa shape index (κ3) is 3.85. The Morgan fingerprint density at radius 3 is 2.39 bits per heavy atom. The molecule has 1 amide bonds. The minimum Gasteiger partial charge on any atom is -0.445 e. The lowest BCUT2D eigenvalue weighted by Gasteiger charge is -2.38. The molecule has 0 saturated carbocycles. The van der Waals surface area contributed by atoms with Crippen LogP contribution in [0.5, 0.6) is 0 Å². The first kappa shape index (κ1) is 18.5. The summed E-state index contributed by atoms with van der Waals surface area (Å²) in [5.74, 6) is 0. The number of benzene rings is 3. The molecule has 0 radical (unpaired) electrons. The molecule has 4 rings (SSSR count). The van der Waals surface area contributed by atoms with Crippen molar-refractivity contribution in [2.24, 2.45) is 0 Å². The van der Waals surface area contributed by atoms with E-state index >= 15 is 0 Å². The molecule has 1 fully saturated rings. The fourth-order valence-corrected chi connectivity index (χ4v) is 4.70. The fraction of sp³-hybridized carbons (Fsp3) is 0.190. The van der Waals surface area contributed by atoms with Crippen molar-refractivity contribution in [2.45, 2.75) is 17.5 Å². The van der Waals surface area contributed by atoms with Gasteiger partial charge in [-0.15, -0.1) is 0 Å². The van der Waals surface area contributed by atoms with E-state index in [1.807, 2.05) is 54.6 Å². The van der Waals surface area contributed by atoms with Gasteiger partial charge in [-0.25, -0.2) is 13.2 Å². The number of nitrogens with one attached hydrogen (secondary N) is 1. The highest BCUT2D eigenvalue weighted by molar-refractivity contribution is 7.89. The molecule has 1 aliphatic rings. The molecule has 3 aromatic rings. The lowest BCUT2D eigenvalue weighted by Crippen LogP contribution is -2.60. The largest absolute Gasteiger partial charge is 0.445 e. The van der Waals surface area contributed by atoms with Gasteiger partial charge in [0.05, 0.1) is 10.9 Å². The van der Waals surface area contributed by atoms with E-state index in [4.69, 9.17) is 4.74 Å². The van der Waals surface area contributed by atoms with Crippen LogP contribution in [0.25, 0.3) is 10.8 Å². The van der Waals surface area contributed by atoms with Crippen LogP contribution in [0.15, 0.2) is 77.7 Å². The van der Waals surface area contributed by atoms with Crippen LogP contribution in [0.4, 0.5) is 4.79 Å². The Morgan fingerprint density at radius 1 is 0.964 bits per heavy atom. The van der Waals surface area contributed by atoms with Gasteiger partial charge >= 0.3 is 6.09 Å². The highest BCUT2D eigenvalue weighted by atomic mass is 32.2. The van der Waals surface area contributed by atoms with Crippen molar-refractivity contribution in [2.75, 3.05) is 13.1 Å². The number of fused-ring (bicyclic) bond motifs is 1. The van der Waals surface area contributed by atoms with Crippen molar-refractivity contribution in [3.63, 3.8) is 0 Å². The summed E-state index contributed by atoms with van der Waals surface area (Å²) >= 11 is 0. The zero-order valence-electron chi connectivity index (χ0n) is 15.1. The predicted molar refractivity (Wildman–Crippen MR) is 106 cm³/mol. The van der Waals surface area contributed by atoms with E-state index in [1.54, 1.807) is 18.2 Å². The van der Waals surface area contributed by atoms with Gasteiger partial charge in [0.1, 0.15) is 6.61 Å². The van der Waals surface area contributed by atoms with E-state index in [-0.39, 0.29) is 30.6 Å². The number of sulfonamides is 1. The van der Waals surface area contributed by atoms with Gasteiger partial charge in [0.25, 0.3) is 0 Å². The number of ether oxygens (including phenoxy) is 1. The summed E-state index contributed by atoms with van der Waals surface area (Å²) in [6.45, 7) is 0.643. The van der Waals surface area contributed by atoms with Gasteiger partial charge in [0, 0.05) is 13.1 Å². The summed E-state index contributed by atoms with van der Waals surface area (Å²) in [6.07, 6.45) is -0.545. The normalized spacial score (nSPS) is 15.1. The number of alkyl carbamates (subject to hydrolysis) is 1. The molecule has 0 bridgehead atoms. The molecule has 28 heavy (non-hydrogen) atoms. The minimum atomic E-state index is -3.58. The molecule has 0 aliphatic carbocycles. The smallest absolute Gasteiger partial charge is 0.407 e. The van der Waals surface area contributed by atoms with Crippen LogP contribution in [0.3, 0.4) is 0 Å². The summed E-state index contributed by atoms with van der Waals surface area (Å²) in [5.41, 5.74) is 0.895. The molecule has 1 N–H and O–H groups in total. The second-order valence-corrected chi connectivity index (χ2v) is 8.67. The van der Waals surface area contributed by atoms with E-state index in [0.717, 1.165) is 16.3 Å². The summed E-state index contributed by atoms with van der Waals surface area (Å²) in [4.78, 5) is 12.2. The quantitative estimate of drug-likeness (QED) is 0.719. The Labute approximate surface area is 163 Å². The third-order valence-corrected chi connectivity index (χ3v) is 6.57. The summed E-state index contributed by atoms with van der Waals surface area (Å²) in [5, 5.41) is 4.57. The number of amides is 1. The maximum absolute atomic E-state index is 12.8. The van der Waals surface area contributed by atoms with E-state index in [1.165, 1.54) is 4.31 Å². The van der Waals surface area contributed by atoms with Crippen molar-refractivity contribution >= 4 is 26.9 Å². The van der Waals surface area contributed by atoms with Gasteiger partial charge < -0.3 is 10.1 Å². The average molecular weight is 396 g/mol. The van der Waals surface area contributed by atoms with Crippen LogP contribution in [-0.4, -0.2) is 37.9 Å². The van der Waals surface area contributed by atoms with Crippen LogP contribution in [0, 0.1) is 0 Å². The Morgan fingerprint density at radius 2 is 1.64 bits per heavy atom. The second-order valence-electron chi connectivity index (χ2n) is 6.73. The molecule has 3 aromatic carbocycles. The zero-order valence-corrected chi connectivity index (χ0v) is 15.9. The number of rotatable bonds is 5. The molecular formula is C21H20N2O4S. The van der Waals surface area contributed by atoms with E-state index in [2.05, 4.69) is 5.32 Å². The van der Waals surface area contributed by atoms with Crippen molar-refractivity contribution in [1.29, 1.82) is 0 Å². The number of nitrogens with zero attached hydrogens (tertiary/aromatic N) is 1. The maximum atomic E-state index is 12.8. The van der Waals surface area contributed by atoms with Gasteiger partial charge in [0.2, 0.25) is 10.0 Å². The van der Waals surface area contributed by atoms with Gasteiger partial charge in [-0.3, -0.25) is 0 Å². The number of carbonyl (C=O) groups is 1. The molecule has 0 spiro atoms. The van der Waals surface area contributed by atoms with Crippen molar-refractivity contribution in [3.05, 3.63) is 78.4 Å². The van der Waals surface area contributed by atoms with E-state index in [0.29, 0.717) is 0 Å². The topological polar surface area (TPSA) is 75.7 Å². The molecule has 1 aliphatic heterocycles. The van der Waals surface area contributed by atoms with Crippen molar-refractivity contribution < 1.29 is 17.9 Å². The first-order chi connectivity index (χ1) is 13.5. The highest BCUT2D eigenvalue weighted by Crippen LogP contribution is 2.25. The van der Waals surface area contributed by atoms with Gasteiger partial charge in [-0.1, -0.05) is 60.7 Å². The van der Waals surface area contributed by atoms with E-state index in [9.17, 15) is 13.2 Å². The molecule has 6 nitrogen and oxygen atoms in total. The van der Waals surface area contributed by atoms with Crippen LogP contribution < -0.4 is 5.32 Å². The summed E-state index contributed by atoms with van der Waals surface area (Å²) in [7, 11) is -3.58. The van der Waals surface area contributed by atoms with Crippen LogP contribution in [0.2, 0.25) is 0 Å². The average Bonchev–Trinajstić information content (AvgIpc) is 2.69. The van der Waals surface area contributed by atoms with Crippen LogP contribution in [0.1, 0.15) is 5.56 Å². The van der Waals surface area contributed by atoms with Crippen LogP contribution in [-0.2, 0) is 21.4 Å².